The van der Waals surface area contributed by atoms with Gasteiger partial charge in [-0.25, -0.2) is 0 Å². The monoisotopic (exact) mass is 260 g/mol. The van der Waals surface area contributed by atoms with Gasteiger partial charge in [0, 0.05) is 19.7 Å². The van der Waals surface area contributed by atoms with E-state index in [0.29, 0.717) is 13.2 Å². The molecule has 1 unspecified atom stereocenters. The van der Waals surface area contributed by atoms with E-state index in [2.05, 4.69) is 0 Å². The van der Waals surface area contributed by atoms with Crippen LogP contribution in [0, 0.1) is 0 Å². The number of hydrogen-bond donors (Lipinski definition) is 2. The maximum atomic E-state index is 12.1. The van der Waals surface area contributed by atoms with Gasteiger partial charge in [0.15, 0.2) is 0 Å². The normalized spacial score (nSPS) is 12.5. The Hall–Kier alpha value is -1.14. The van der Waals surface area contributed by atoms with Crippen LogP contribution in [0.5, 0.6) is 0 Å². The Balaban J connectivity index is 4.71. The molecule has 0 bridgehead atoms. The summed E-state index contributed by atoms with van der Waals surface area (Å²) in [5.41, 5.74) is 5.63. The molecule has 0 aliphatic carbocycles. The van der Waals surface area contributed by atoms with Crippen molar-refractivity contribution in [2.75, 3.05) is 20.3 Å². The molecular weight excluding hydrogens is 236 g/mol. The van der Waals surface area contributed by atoms with E-state index in [1.807, 2.05) is 13.8 Å². The van der Waals surface area contributed by atoms with E-state index in [4.69, 9.17) is 15.6 Å². The highest BCUT2D eigenvalue weighted by Gasteiger charge is 2.27. The van der Waals surface area contributed by atoms with Gasteiger partial charge in [-0.1, -0.05) is 13.8 Å². The molecule has 18 heavy (non-hydrogen) atoms. The van der Waals surface area contributed by atoms with Crippen LogP contribution in [-0.2, 0) is 14.3 Å². The van der Waals surface area contributed by atoms with Crippen LogP contribution < -0.4 is 5.73 Å². The third-order valence-corrected chi connectivity index (χ3v) is 2.91. The first-order valence-electron chi connectivity index (χ1n) is 6.24. The lowest BCUT2D eigenvalue weighted by atomic mass is 10.1. The van der Waals surface area contributed by atoms with E-state index in [9.17, 15) is 9.59 Å². The fraction of sp³-hybridized carbons (Fsp3) is 0.833. The standard InChI is InChI=1S/C12H24N2O4/c1-4-9(5-2)14(6-7-18-3)12(17)10(13)8-11(15)16/h9-10H,4-8,13H2,1-3H3,(H,15,16). The molecule has 1 amide bonds. The summed E-state index contributed by atoms with van der Waals surface area (Å²) < 4.78 is 4.97. The van der Waals surface area contributed by atoms with Crippen LogP contribution in [0.4, 0.5) is 0 Å². The van der Waals surface area contributed by atoms with Crippen molar-refractivity contribution in [1.29, 1.82) is 0 Å². The second-order valence-electron chi connectivity index (χ2n) is 4.20. The number of carboxylic acids is 1. The summed E-state index contributed by atoms with van der Waals surface area (Å²) in [7, 11) is 1.56. The Morgan fingerprint density at radius 3 is 2.28 bits per heavy atom. The predicted octanol–water partition coefficient (Wildman–Crippen LogP) is 0.452. The fourth-order valence-electron chi connectivity index (χ4n) is 1.88. The van der Waals surface area contributed by atoms with Crippen LogP contribution in [0.2, 0.25) is 0 Å². The van der Waals surface area contributed by atoms with Gasteiger partial charge in [-0.3, -0.25) is 9.59 Å². The average Bonchev–Trinajstić information content (AvgIpc) is 2.32. The number of aliphatic carboxylic acids is 1. The highest BCUT2D eigenvalue weighted by Crippen LogP contribution is 2.11. The number of ether oxygens (including phenoxy) is 1. The van der Waals surface area contributed by atoms with Crippen LogP contribution in [0.1, 0.15) is 33.1 Å². The number of nitrogens with two attached hydrogens (primary N) is 1. The van der Waals surface area contributed by atoms with Crippen LogP contribution in [0.15, 0.2) is 0 Å². The highest BCUT2D eigenvalue weighted by molar-refractivity contribution is 5.86. The third kappa shape index (κ3) is 5.46. The molecule has 106 valence electrons. The van der Waals surface area contributed by atoms with E-state index in [-0.39, 0.29) is 18.4 Å². The quantitative estimate of drug-likeness (QED) is 0.628. The number of carboxylic acid groups (broad SMARTS) is 1. The number of carbonyl (C=O) groups is 2. The molecule has 0 aromatic carbocycles. The summed E-state index contributed by atoms with van der Waals surface area (Å²) in [6.45, 7) is 4.84. The molecule has 0 saturated heterocycles. The molecule has 0 radical (unpaired) electrons. The maximum Gasteiger partial charge on any atom is 0.305 e. The highest BCUT2D eigenvalue weighted by atomic mass is 16.5. The number of amides is 1. The molecule has 0 aromatic heterocycles. The molecule has 0 aliphatic heterocycles. The first-order chi connectivity index (χ1) is 8.47. The van der Waals surface area contributed by atoms with Gasteiger partial charge in [0.25, 0.3) is 0 Å². The van der Waals surface area contributed by atoms with Crippen molar-refractivity contribution < 1.29 is 19.4 Å². The van der Waals surface area contributed by atoms with E-state index in [0.717, 1.165) is 12.8 Å². The SMILES string of the molecule is CCC(CC)N(CCOC)C(=O)C(N)CC(=O)O. The molecule has 0 fully saturated rings. The van der Waals surface area contributed by atoms with Crippen molar-refractivity contribution in [3.8, 4) is 0 Å². The first kappa shape index (κ1) is 16.9. The van der Waals surface area contributed by atoms with E-state index >= 15 is 0 Å². The Kier molecular flexibility index (Phi) is 8.32. The Bertz CT molecular complexity index is 267. The van der Waals surface area contributed by atoms with Crippen LogP contribution >= 0.6 is 0 Å². The Labute approximate surface area is 108 Å². The van der Waals surface area contributed by atoms with Crippen molar-refractivity contribution in [3.05, 3.63) is 0 Å². The van der Waals surface area contributed by atoms with Crippen LogP contribution in [0.25, 0.3) is 0 Å². The summed E-state index contributed by atoms with van der Waals surface area (Å²) in [5, 5.41) is 8.67. The maximum absolute atomic E-state index is 12.1. The molecule has 6 heteroatoms. The van der Waals surface area contributed by atoms with Crippen molar-refractivity contribution >= 4 is 11.9 Å². The summed E-state index contributed by atoms with van der Waals surface area (Å²) in [4.78, 5) is 24.3. The molecule has 0 spiro atoms. The zero-order valence-corrected chi connectivity index (χ0v) is 11.4. The molecule has 0 aliphatic rings. The molecule has 0 aromatic rings. The summed E-state index contributed by atoms with van der Waals surface area (Å²) >= 11 is 0. The third-order valence-electron chi connectivity index (χ3n) is 2.91. The van der Waals surface area contributed by atoms with Gasteiger partial charge in [-0.2, -0.15) is 0 Å². The Morgan fingerprint density at radius 2 is 1.89 bits per heavy atom. The second-order valence-corrected chi connectivity index (χ2v) is 4.20. The molecule has 6 nitrogen and oxygen atoms in total. The summed E-state index contributed by atoms with van der Waals surface area (Å²) in [6.07, 6.45) is 1.28. The van der Waals surface area contributed by atoms with Crippen molar-refractivity contribution in [1.82, 2.24) is 4.90 Å². The number of hydrogen-bond acceptors (Lipinski definition) is 4. The van der Waals surface area contributed by atoms with Gasteiger partial charge in [0.2, 0.25) is 5.91 Å². The number of methoxy groups -OCH3 is 1. The fourth-order valence-corrected chi connectivity index (χ4v) is 1.88. The molecule has 0 rings (SSSR count). The van der Waals surface area contributed by atoms with Crippen molar-refractivity contribution in [2.24, 2.45) is 5.73 Å². The topological polar surface area (TPSA) is 92.9 Å². The molecule has 0 saturated carbocycles. The first-order valence-corrected chi connectivity index (χ1v) is 6.24. The minimum Gasteiger partial charge on any atom is -0.481 e. The molecule has 3 N–H and O–H groups in total. The molecular formula is C12H24N2O4. The zero-order chi connectivity index (χ0) is 14.1. The number of nitrogens with zero attached hydrogens (tertiary/aromatic N) is 1. The minimum atomic E-state index is -1.06. The minimum absolute atomic E-state index is 0.0764. The van der Waals surface area contributed by atoms with Gasteiger partial charge in [0.05, 0.1) is 19.1 Å². The van der Waals surface area contributed by atoms with E-state index in [1.54, 1.807) is 12.0 Å². The lowest BCUT2D eigenvalue weighted by Crippen LogP contribution is -2.50. The largest absolute Gasteiger partial charge is 0.481 e. The molecule has 1 atom stereocenters. The van der Waals surface area contributed by atoms with Crippen molar-refractivity contribution in [2.45, 2.75) is 45.2 Å². The smallest absolute Gasteiger partial charge is 0.305 e. The predicted molar refractivity (Wildman–Crippen MR) is 68.2 cm³/mol. The van der Waals surface area contributed by atoms with Gasteiger partial charge in [0.1, 0.15) is 0 Å². The van der Waals surface area contributed by atoms with E-state index in [1.165, 1.54) is 0 Å². The second kappa shape index (κ2) is 8.88. The lowest BCUT2D eigenvalue weighted by molar-refractivity contribution is -0.143. The van der Waals surface area contributed by atoms with Crippen LogP contribution in [-0.4, -0.2) is 54.2 Å². The van der Waals surface area contributed by atoms with Crippen LogP contribution in [0.3, 0.4) is 0 Å². The summed E-state index contributed by atoms with van der Waals surface area (Å²) in [6, 6.07) is -0.910. The average molecular weight is 260 g/mol. The van der Waals surface area contributed by atoms with Gasteiger partial charge in [-0.05, 0) is 12.8 Å². The number of carbonyl (C=O) groups excluding carboxylic acids is 1. The lowest BCUT2D eigenvalue weighted by Gasteiger charge is -2.32. The zero-order valence-electron chi connectivity index (χ0n) is 11.4. The van der Waals surface area contributed by atoms with Gasteiger partial charge in [-0.15, -0.1) is 0 Å². The van der Waals surface area contributed by atoms with Gasteiger partial charge < -0.3 is 20.5 Å². The molecule has 0 heterocycles. The summed E-state index contributed by atoms with van der Waals surface area (Å²) in [5.74, 6) is -1.38. The number of rotatable bonds is 9. The van der Waals surface area contributed by atoms with Crippen molar-refractivity contribution in [3.63, 3.8) is 0 Å². The van der Waals surface area contributed by atoms with Gasteiger partial charge >= 0.3 is 5.97 Å². The van der Waals surface area contributed by atoms with E-state index < -0.39 is 12.0 Å². The Morgan fingerprint density at radius 1 is 1.33 bits per heavy atom.